The lowest BCUT2D eigenvalue weighted by Gasteiger charge is -2.37. The summed E-state index contributed by atoms with van der Waals surface area (Å²) in [4.78, 5) is 25.3. The second kappa shape index (κ2) is 8.07. The van der Waals surface area contributed by atoms with Crippen molar-refractivity contribution >= 4 is 17.3 Å². The van der Waals surface area contributed by atoms with Gasteiger partial charge in [-0.1, -0.05) is 18.2 Å². The Morgan fingerprint density at radius 1 is 1.10 bits per heavy atom. The van der Waals surface area contributed by atoms with Gasteiger partial charge in [-0.15, -0.1) is 0 Å². The molecule has 0 N–H and O–H groups in total. The molecule has 5 nitrogen and oxygen atoms in total. The molecule has 1 heterocycles. The van der Waals surface area contributed by atoms with Crippen LogP contribution in [0.1, 0.15) is 35.2 Å². The number of ketones is 1. The first-order valence-corrected chi connectivity index (χ1v) is 9.56. The fourth-order valence-corrected chi connectivity index (χ4v) is 3.93. The number of Topliss-reactive ketones (excluding diaryl/α,β-unsaturated/α-hetero) is 1. The molecular weight excluding hydrogens is 375 g/mol. The zero-order valence-corrected chi connectivity index (χ0v) is 16.0. The largest absolute Gasteiger partial charge is 0.496 e. The van der Waals surface area contributed by atoms with Crippen molar-refractivity contribution in [1.29, 1.82) is 0 Å². The van der Waals surface area contributed by atoms with Gasteiger partial charge >= 0.3 is 5.97 Å². The van der Waals surface area contributed by atoms with E-state index in [1.165, 1.54) is 30.5 Å². The van der Waals surface area contributed by atoms with E-state index in [9.17, 15) is 14.0 Å². The molecule has 1 fully saturated rings. The van der Waals surface area contributed by atoms with E-state index in [0.29, 0.717) is 41.7 Å². The number of fused-ring (bicyclic) bond motifs is 1. The number of allylic oxidation sites excluding steroid dienone is 1. The Labute approximate surface area is 168 Å². The van der Waals surface area contributed by atoms with Gasteiger partial charge in [-0.05, 0) is 43.2 Å². The molecule has 1 aliphatic carbocycles. The average Bonchev–Trinajstić information content (AvgIpc) is 2.74. The Bertz CT molecular complexity index is 950. The molecule has 0 spiro atoms. The highest BCUT2D eigenvalue weighted by Crippen LogP contribution is 2.39. The maximum Gasteiger partial charge on any atom is 0.338 e. The van der Waals surface area contributed by atoms with Crippen LogP contribution in [0, 0.1) is 11.7 Å². The third-order valence-corrected chi connectivity index (χ3v) is 5.46. The molecule has 0 radical (unpaired) electrons. The van der Waals surface area contributed by atoms with Gasteiger partial charge in [0, 0.05) is 12.0 Å². The van der Waals surface area contributed by atoms with Crippen LogP contribution < -0.4 is 4.74 Å². The Kier molecular flexibility index (Phi) is 5.34. The molecule has 0 aromatic heterocycles. The van der Waals surface area contributed by atoms with Gasteiger partial charge in [0.25, 0.3) is 0 Å². The highest BCUT2D eigenvalue weighted by molar-refractivity contribution is 6.22. The molecule has 1 aliphatic heterocycles. The van der Waals surface area contributed by atoms with Crippen molar-refractivity contribution < 1.29 is 28.2 Å². The van der Waals surface area contributed by atoms with Crippen LogP contribution in [-0.4, -0.2) is 31.1 Å². The number of hydrogen-bond donors (Lipinski definition) is 0. The molecule has 2 aromatic carbocycles. The number of hydrogen-bond acceptors (Lipinski definition) is 5. The van der Waals surface area contributed by atoms with Gasteiger partial charge in [-0.3, -0.25) is 4.79 Å². The summed E-state index contributed by atoms with van der Waals surface area (Å²) in [6.07, 6.45) is 2.40. The Morgan fingerprint density at radius 3 is 2.62 bits per heavy atom. The fourth-order valence-electron chi connectivity index (χ4n) is 3.93. The summed E-state index contributed by atoms with van der Waals surface area (Å²) in [7, 11) is 1.57. The predicted molar refractivity (Wildman–Crippen MR) is 104 cm³/mol. The van der Waals surface area contributed by atoms with E-state index in [1.807, 2.05) is 18.2 Å². The van der Waals surface area contributed by atoms with E-state index in [1.54, 1.807) is 13.2 Å². The van der Waals surface area contributed by atoms with Gasteiger partial charge in [0.1, 0.15) is 23.8 Å². The summed E-state index contributed by atoms with van der Waals surface area (Å²) in [6, 6.07) is 12.6. The number of rotatable bonds is 4. The minimum absolute atomic E-state index is 0.0223. The van der Waals surface area contributed by atoms with Gasteiger partial charge < -0.3 is 14.2 Å². The Hall–Kier alpha value is -3.15. The second-order valence-electron chi connectivity index (χ2n) is 7.22. The summed E-state index contributed by atoms with van der Waals surface area (Å²) in [5.41, 5.74) is 1.52. The van der Waals surface area contributed by atoms with E-state index in [0.717, 1.165) is 0 Å². The van der Waals surface area contributed by atoms with Crippen LogP contribution >= 0.6 is 0 Å². The first kappa shape index (κ1) is 19.2. The number of carbonyl (C=O) groups is 2. The van der Waals surface area contributed by atoms with Crippen molar-refractivity contribution in [1.82, 2.24) is 0 Å². The number of benzene rings is 2. The van der Waals surface area contributed by atoms with Crippen LogP contribution in [0.3, 0.4) is 0 Å². The zero-order valence-electron chi connectivity index (χ0n) is 16.0. The maximum absolute atomic E-state index is 13.1. The smallest absolute Gasteiger partial charge is 0.338 e. The summed E-state index contributed by atoms with van der Waals surface area (Å²) in [5.74, 6) is -0.541. The fraction of sp³-hybridized carbons (Fsp3) is 0.304. The molecule has 0 amide bonds. The minimum atomic E-state index is -0.499. The molecule has 6 heteroatoms. The van der Waals surface area contributed by atoms with E-state index in [4.69, 9.17) is 14.2 Å². The molecule has 2 aliphatic rings. The molecule has 1 saturated carbocycles. The molecule has 150 valence electrons. The molecule has 4 rings (SSSR count). The SMILES string of the molecule is COc1ccccc1C1=COC2CC(OC(=O)c3ccc(F)cc3)CCC2C1=O. The third kappa shape index (κ3) is 3.88. The van der Waals surface area contributed by atoms with Crippen molar-refractivity contribution in [2.45, 2.75) is 31.5 Å². The lowest BCUT2D eigenvalue weighted by molar-refractivity contribution is -0.126. The summed E-state index contributed by atoms with van der Waals surface area (Å²) in [6.45, 7) is 0. The molecular formula is C23H21FO5. The van der Waals surface area contributed by atoms with E-state index in [2.05, 4.69) is 0 Å². The van der Waals surface area contributed by atoms with Crippen LogP contribution in [-0.2, 0) is 14.3 Å². The van der Waals surface area contributed by atoms with E-state index < -0.39 is 11.8 Å². The van der Waals surface area contributed by atoms with Crippen LogP contribution in [0.5, 0.6) is 5.75 Å². The number of halogens is 1. The summed E-state index contributed by atoms with van der Waals surface area (Å²) < 4.78 is 29.8. The molecule has 0 saturated heterocycles. The quantitative estimate of drug-likeness (QED) is 0.726. The van der Waals surface area contributed by atoms with Crippen LogP contribution in [0.2, 0.25) is 0 Å². The number of esters is 1. The van der Waals surface area contributed by atoms with Crippen molar-refractivity contribution in [3.05, 3.63) is 71.7 Å². The maximum atomic E-state index is 13.1. The molecule has 3 atom stereocenters. The van der Waals surface area contributed by atoms with Crippen molar-refractivity contribution in [3.8, 4) is 5.75 Å². The Balaban J connectivity index is 1.45. The van der Waals surface area contributed by atoms with Crippen molar-refractivity contribution in [2.75, 3.05) is 7.11 Å². The normalized spacial score (nSPS) is 23.4. The van der Waals surface area contributed by atoms with Crippen LogP contribution in [0.25, 0.3) is 5.57 Å². The standard InChI is InChI=1S/C23H21FO5/c1-27-20-5-3-2-4-17(20)19-13-28-21-12-16(10-11-18(21)22(19)25)29-23(26)14-6-8-15(24)9-7-14/h2-9,13,16,18,21H,10-12H2,1H3. The van der Waals surface area contributed by atoms with Gasteiger partial charge in [-0.2, -0.15) is 0 Å². The molecule has 3 unspecified atom stereocenters. The monoisotopic (exact) mass is 396 g/mol. The number of ether oxygens (including phenoxy) is 3. The topological polar surface area (TPSA) is 61.8 Å². The minimum Gasteiger partial charge on any atom is -0.496 e. The second-order valence-corrected chi connectivity index (χ2v) is 7.22. The summed E-state index contributed by atoms with van der Waals surface area (Å²) >= 11 is 0. The lowest BCUT2D eigenvalue weighted by Crippen LogP contribution is -2.42. The number of methoxy groups -OCH3 is 1. The van der Waals surface area contributed by atoms with Crippen molar-refractivity contribution in [3.63, 3.8) is 0 Å². The van der Waals surface area contributed by atoms with Gasteiger partial charge in [0.2, 0.25) is 0 Å². The zero-order chi connectivity index (χ0) is 20.4. The molecule has 0 bridgehead atoms. The Morgan fingerprint density at radius 2 is 1.86 bits per heavy atom. The van der Waals surface area contributed by atoms with Crippen LogP contribution in [0.4, 0.5) is 4.39 Å². The molecule has 2 aromatic rings. The lowest BCUT2D eigenvalue weighted by atomic mass is 9.77. The predicted octanol–water partition coefficient (Wildman–Crippen LogP) is 4.17. The first-order valence-electron chi connectivity index (χ1n) is 9.56. The van der Waals surface area contributed by atoms with Gasteiger partial charge in [0.15, 0.2) is 5.78 Å². The highest BCUT2D eigenvalue weighted by Gasteiger charge is 2.41. The van der Waals surface area contributed by atoms with Crippen molar-refractivity contribution in [2.24, 2.45) is 5.92 Å². The third-order valence-electron chi connectivity index (χ3n) is 5.46. The number of para-hydroxylation sites is 1. The average molecular weight is 396 g/mol. The molecule has 29 heavy (non-hydrogen) atoms. The van der Waals surface area contributed by atoms with Crippen LogP contribution in [0.15, 0.2) is 54.8 Å². The number of carbonyl (C=O) groups excluding carboxylic acids is 2. The van der Waals surface area contributed by atoms with Gasteiger partial charge in [0.05, 0.1) is 30.4 Å². The van der Waals surface area contributed by atoms with Gasteiger partial charge in [-0.25, -0.2) is 9.18 Å². The highest BCUT2D eigenvalue weighted by atomic mass is 19.1. The first-order chi connectivity index (χ1) is 14.1. The van der Waals surface area contributed by atoms with E-state index in [-0.39, 0.29) is 23.9 Å². The van der Waals surface area contributed by atoms with E-state index >= 15 is 0 Å². The summed E-state index contributed by atoms with van der Waals surface area (Å²) in [5, 5.41) is 0.